The minimum atomic E-state index is -0.805. The topological polar surface area (TPSA) is 113 Å². The normalized spacial score (nSPS) is 26.3. The van der Waals surface area contributed by atoms with Crippen LogP contribution in [0.5, 0.6) is 0 Å². The number of anilines is 1. The van der Waals surface area contributed by atoms with Crippen molar-refractivity contribution < 1.29 is 14.6 Å². The Kier molecular flexibility index (Phi) is 5.18. The highest BCUT2D eigenvalue weighted by atomic mass is 16.5. The zero-order valence-electron chi connectivity index (χ0n) is 16.7. The van der Waals surface area contributed by atoms with Gasteiger partial charge in [0.2, 0.25) is 0 Å². The van der Waals surface area contributed by atoms with Gasteiger partial charge in [-0.25, -0.2) is 15.0 Å². The summed E-state index contributed by atoms with van der Waals surface area (Å²) in [5.41, 5.74) is -0.0232. The first-order valence-corrected chi connectivity index (χ1v) is 9.83. The summed E-state index contributed by atoms with van der Waals surface area (Å²) < 4.78 is 6.12. The SMILES string of the molecule is Cc1cc(N2CCC3(CC2)C[C@@](C)(NC(=O)c2cnccn2)[C@H](O)CO3)ncn1. The molecule has 0 radical (unpaired) electrons. The summed E-state index contributed by atoms with van der Waals surface area (Å²) in [6, 6.07) is 1.98. The molecular formula is C20H26N6O3. The van der Waals surface area contributed by atoms with E-state index >= 15 is 0 Å². The number of nitrogens with zero attached hydrogens (tertiary/aromatic N) is 5. The molecule has 2 aliphatic heterocycles. The van der Waals surface area contributed by atoms with Crippen LogP contribution in [0.1, 0.15) is 42.4 Å². The second-order valence-corrected chi connectivity index (χ2v) is 8.15. The molecule has 0 bridgehead atoms. The van der Waals surface area contributed by atoms with Crippen LogP contribution in [0.15, 0.2) is 31.0 Å². The summed E-state index contributed by atoms with van der Waals surface area (Å²) in [6.07, 6.45) is 7.32. The van der Waals surface area contributed by atoms with Crippen molar-refractivity contribution in [1.29, 1.82) is 0 Å². The van der Waals surface area contributed by atoms with Gasteiger partial charge in [0.15, 0.2) is 0 Å². The number of ether oxygens (including phenoxy) is 1. The van der Waals surface area contributed by atoms with Crippen LogP contribution in [0.4, 0.5) is 5.82 Å². The van der Waals surface area contributed by atoms with Gasteiger partial charge >= 0.3 is 0 Å². The quantitative estimate of drug-likeness (QED) is 0.784. The van der Waals surface area contributed by atoms with Crippen LogP contribution in [0.2, 0.25) is 0 Å². The van der Waals surface area contributed by atoms with Crippen LogP contribution < -0.4 is 10.2 Å². The molecule has 2 aliphatic rings. The molecule has 154 valence electrons. The molecule has 2 atom stereocenters. The molecule has 4 heterocycles. The number of aryl methyl sites for hydroxylation is 1. The Morgan fingerprint density at radius 3 is 2.76 bits per heavy atom. The lowest BCUT2D eigenvalue weighted by Crippen LogP contribution is -2.65. The molecule has 9 nitrogen and oxygen atoms in total. The molecule has 0 aromatic carbocycles. The fraction of sp³-hybridized carbons (Fsp3) is 0.550. The number of aliphatic hydroxyl groups is 1. The third-order valence-electron chi connectivity index (χ3n) is 5.96. The van der Waals surface area contributed by atoms with Gasteiger partial charge in [0.25, 0.3) is 5.91 Å². The van der Waals surface area contributed by atoms with E-state index in [0.717, 1.165) is 37.4 Å². The number of nitrogens with one attached hydrogen (secondary N) is 1. The van der Waals surface area contributed by atoms with Crippen LogP contribution >= 0.6 is 0 Å². The summed E-state index contributed by atoms with van der Waals surface area (Å²) in [5.74, 6) is 0.576. The van der Waals surface area contributed by atoms with Crippen LogP contribution in [-0.4, -0.2) is 67.9 Å². The van der Waals surface area contributed by atoms with Gasteiger partial charge in [0.1, 0.15) is 23.9 Å². The van der Waals surface area contributed by atoms with Crippen molar-refractivity contribution in [2.75, 3.05) is 24.6 Å². The van der Waals surface area contributed by atoms with Crippen molar-refractivity contribution in [2.45, 2.75) is 50.4 Å². The maximum Gasteiger partial charge on any atom is 0.271 e. The molecule has 0 saturated carbocycles. The molecule has 2 fully saturated rings. The van der Waals surface area contributed by atoms with Crippen molar-refractivity contribution in [1.82, 2.24) is 25.3 Å². The average molecular weight is 398 g/mol. The van der Waals surface area contributed by atoms with Crippen LogP contribution in [0, 0.1) is 6.92 Å². The highest BCUT2D eigenvalue weighted by molar-refractivity contribution is 5.92. The molecule has 1 spiro atoms. The summed E-state index contributed by atoms with van der Waals surface area (Å²) in [4.78, 5) is 31.4. The highest BCUT2D eigenvalue weighted by Gasteiger charge is 2.50. The monoisotopic (exact) mass is 398 g/mol. The fourth-order valence-electron chi connectivity index (χ4n) is 4.22. The first-order chi connectivity index (χ1) is 13.9. The minimum Gasteiger partial charge on any atom is -0.388 e. The van der Waals surface area contributed by atoms with Gasteiger partial charge in [-0.2, -0.15) is 0 Å². The summed E-state index contributed by atoms with van der Waals surface area (Å²) in [6.45, 7) is 5.59. The van der Waals surface area contributed by atoms with Gasteiger partial charge in [0.05, 0.1) is 23.9 Å². The predicted molar refractivity (Wildman–Crippen MR) is 105 cm³/mol. The molecule has 4 rings (SSSR count). The van der Waals surface area contributed by atoms with E-state index in [1.807, 2.05) is 19.9 Å². The van der Waals surface area contributed by atoms with Gasteiger partial charge in [-0.05, 0) is 26.7 Å². The lowest BCUT2D eigenvalue weighted by molar-refractivity contribution is -0.167. The zero-order valence-corrected chi connectivity index (χ0v) is 16.7. The summed E-state index contributed by atoms with van der Waals surface area (Å²) in [7, 11) is 0. The molecule has 2 aromatic heterocycles. The third kappa shape index (κ3) is 4.06. The van der Waals surface area contributed by atoms with E-state index in [0.29, 0.717) is 6.42 Å². The smallest absolute Gasteiger partial charge is 0.271 e. The Labute approximate surface area is 169 Å². The number of amides is 1. The largest absolute Gasteiger partial charge is 0.388 e. The highest BCUT2D eigenvalue weighted by Crippen LogP contribution is 2.40. The molecule has 0 unspecified atom stereocenters. The Bertz CT molecular complexity index is 872. The first kappa shape index (κ1) is 19.7. The number of hydrogen-bond donors (Lipinski definition) is 2. The molecule has 2 N–H and O–H groups in total. The molecular weight excluding hydrogens is 372 g/mol. The first-order valence-electron chi connectivity index (χ1n) is 9.83. The van der Waals surface area contributed by atoms with Crippen molar-refractivity contribution in [2.24, 2.45) is 0 Å². The predicted octanol–water partition coefficient (Wildman–Crippen LogP) is 0.884. The number of piperidine rings is 1. The fourth-order valence-corrected chi connectivity index (χ4v) is 4.22. The number of carbonyl (C=O) groups is 1. The lowest BCUT2D eigenvalue weighted by atomic mass is 9.74. The van der Waals surface area contributed by atoms with E-state index in [2.05, 4.69) is 30.2 Å². The van der Waals surface area contributed by atoms with Crippen LogP contribution in [0.25, 0.3) is 0 Å². The molecule has 1 amide bonds. The average Bonchev–Trinajstić information content (AvgIpc) is 2.72. The van der Waals surface area contributed by atoms with Gasteiger partial charge in [-0.3, -0.25) is 9.78 Å². The van der Waals surface area contributed by atoms with Gasteiger partial charge in [0, 0.05) is 43.7 Å². The maximum absolute atomic E-state index is 12.6. The van der Waals surface area contributed by atoms with Crippen molar-refractivity contribution in [3.8, 4) is 0 Å². The van der Waals surface area contributed by atoms with E-state index in [1.54, 1.807) is 6.33 Å². The standard InChI is InChI=1S/C20H26N6O3/c1-14-9-17(24-13-23-14)26-7-3-20(4-8-26)12-19(2,16(27)11-29-20)25-18(28)15-10-21-5-6-22-15/h5-6,9-10,13,16,27H,3-4,7-8,11-12H2,1-2H3,(H,25,28)/t16-,19-/m1/s1. The Hall–Kier alpha value is -2.65. The van der Waals surface area contributed by atoms with Crippen LogP contribution in [-0.2, 0) is 4.74 Å². The van der Waals surface area contributed by atoms with E-state index in [1.165, 1.54) is 18.6 Å². The molecule has 0 aliphatic carbocycles. The Morgan fingerprint density at radius 1 is 1.28 bits per heavy atom. The molecule has 2 saturated heterocycles. The van der Waals surface area contributed by atoms with Crippen LogP contribution in [0.3, 0.4) is 0 Å². The van der Waals surface area contributed by atoms with E-state index in [9.17, 15) is 9.90 Å². The minimum absolute atomic E-state index is 0.184. The summed E-state index contributed by atoms with van der Waals surface area (Å²) >= 11 is 0. The molecule has 2 aromatic rings. The zero-order chi connectivity index (χ0) is 20.5. The Balaban J connectivity index is 1.45. The number of rotatable bonds is 3. The van der Waals surface area contributed by atoms with E-state index < -0.39 is 11.6 Å². The number of aliphatic hydroxyl groups excluding tert-OH is 1. The molecule has 9 heteroatoms. The second kappa shape index (κ2) is 7.64. The maximum atomic E-state index is 12.6. The second-order valence-electron chi connectivity index (χ2n) is 8.15. The van der Waals surface area contributed by atoms with Gasteiger partial charge in [-0.1, -0.05) is 0 Å². The third-order valence-corrected chi connectivity index (χ3v) is 5.96. The number of hydrogen-bond acceptors (Lipinski definition) is 8. The Morgan fingerprint density at radius 2 is 2.07 bits per heavy atom. The number of aromatic nitrogens is 4. The van der Waals surface area contributed by atoms with Gasteiger partial charge in [-0.15, -0.1) is 0 Å². The number of carbonyl (C=O) groups excluding carboxylic acids is 1. The van der Waals surface area contributed by atoms with Crippen molar-refractivity contribution >= 4 is 11.7 Å². The van der Waals surface area contributed by atoms with E-state index in [-0.39, 0.29) is 23.8 Å². The van der Waals surface area contributed by atoms with Gasteiger partial charge < -0.3 is 20.1 Å². The van der Waals surface area contributed by atoms with Crippen molar-refractivity contribution in [3.63, 3.8) is 0 Å². The van der Waals surface area contributed by atoms with E-state index in [4.69, 9.17) is 4.74 Å². The molecule has 29 heavy (non-hydrogen) atoms. The lowest BCUT2D eigenvalue weighted by Gasteiger charge is -2.52. The van der Waals surface area contributed by atoms with Crippen molar-refractivity contribution in [3.05, 3.63) is 42.4 Å². The summed E-state index contributed by atoms with van der Waals surface area (Å²) in [5, 5.41) is 13.6.